The van der Waals surface area contributed by atoms with Crippen molar-refractivity contribution < 1.29 is 15.0 Å². The van der Waals surface area contributed by atoms with Crippen molar-refractivity contribution in [2.45, 2.75) is 13.0 Å². The van der Waals surface area contributed by atoms with E-state index >= 15 is 0 Å². The van der Waals surface area contributed by atoms with Gasteiger partial charge in [0.2, 0.25) is 5.91 Å². The first-order chi connectivity index (χ1) is 11.1. The molecule has 0 heterocycles. The molecule has 0 aromatic heterocycles. The summed E-state index contributed by atoms with van der Waals surface area (Å²) in [7, 11) is 0. The average molecular weight is 307 g/mol. The van der Waals surface area contributed by atoms with Crippen molar-refractivity contribution in [2.75, 3.05) is 0 Å². The normalized spacial score (nSPS) is 12.0. The minimum atomic E-state index is -0.501. The molecule has 3 aromatic rings. The van der Waals surface area contributed by atoms with Gasteiger partial charge >= 0.3 is 0 Å². The van der Waals surface area contributed by atoms with Gasteiger partial charge in [-0.1, -0.05) is 42.5 Å². The second kappa shape index (κ2) is 6.01. The highest BCUT2D eigenvalue weighted by atomic mass is 16.3. The number of phenols is 2. The summed E-state index contributed by atoms with van der Waals surface area (Å²) in [5, 5.41) is 24.7. The van der Waals surface area contributed by atoms with Crippen LogP contribution in [0.15, 0.2) is 60.7 Å². The summed E-state index contributed by atoms with van der Waals surface area (Å²) in [5.41, 5.74) is 1.42. The number of hydrogen-bond acceptors (Lipinski definition) is 3. The molecule has 4 heteroatoms. The van der Waals surface area contributed by atoms with Crippen molar-refractivity contribution in [1.82, 2.24) is 5.32 Å². The Morgan fingerprint density at radius 1 is 1.00 bits per heavy atom. The van der Waals surface area contributed by atoms with Crippen LogP contribution in [0, 0.1) is 0 Å². The molecule has 4 nitrogen and oxygen atoms in total. The van der Waals surface area contributed by atoms with Gasteiger partial charge in [0.1, 0.15) is 11.5 Å². The number of fused-ring (bicyclic) bond motifs is 1. The van der Waals surface area contributed by atoms with Crippen molar-refractivity contribution >= 4 is 16.7 Å². The largest absolute Gasteiger partial charge is 0.508 e. The maximum atomic E-state index is 11.7. The molecular weight excluding hydrogens is 290 g/mol. The van der Waals surface area contributed by atoms with E-state index < -0.39 is 6.04 Å². The second-order valence-electron chi connectivity index (χ2n) is 5.45. The standard InChI is InChI=1S/C19H17NO3/c1-12(21)20-19(14-5-3-2-4-6-14)18-16-11-15(22)9-7-13(16)8-10-17(18)23/h2-11,19,22-23H,1H3,(H,20,21)/t19-/m0/s1. The lowest BCUT2D eigenvalue weighted by Crippen LogP contribution is -2.27. The first-order valence-corrected chi connectivity index (χ1v) is 7.33. The van der Waals surface area contributed by atoms with Crippen LogP contribution in [0.25, 0.3) is 10.8 Å². The molecule has 3 rings (SSSR count). The Balaban J connectivity index is 2.27. The fourth-order valence-corrected chi connectivity index (χ4v) is 2.79. The summed E-state index contributed by atoms with van der Waals surface area (Å²) in [6.07, 6.45) is 0. The molecule has 0 bridgehead atoms. The predicted octanol–water partition coefficient (Wildman–Crippen LogP) is 3.48. The Kier molecular flexibility index (Phi) is 3.89. The van der Waals surface area contributed by atoms with E-state index in [2.05, 4.69) is 5.32 Å². The number of nitrogens with one attached hydrogen (secondary N) is 1. The third kappa shape index (κ3) is 2.97. The number of benzene rings is 3. The number of phenolic OH excluding ortho intramolecular Hbond substituents is 2. The third-order valence-electron chi connectivity index (χ3n) is 3.79. The van der Waals surface area contributed by atoms with Gasteiger partial charge in [-0.2, -0.15) is 0 Å². The molecular formula is C19H17NO3. The third-order valence-corrected chi connectivity index (χ3v) is 3.79. The van der Waals surface area contributed by atoms with E-state index in [4.69, 9.17) is 0 Å². The molecule has 0 aliphatic carbocycles. The molecule has 0 radical (unpaired) electrons. The Morgan fingerprint density at radius 2 is 1.70 bits per heavy atom. The van der Waals surface area contributed by atoms with Gasteiger partial charge in [0, 0.05) is 12.5 Å². The summed E-state index contributed by atoms with van der Waals surface area (Å²) in [6, 6.07) is 17.3. The predicted molar refractivity (Wildman–Crippen MR) is 89.4 cm³/mol. The first-order valence-electron chi connectivity index (χ1n) is 7.33. The highest BCUT2D eigenvalue weighted by molar-refractivity contribution is 5.90. The molecule has 0 fully saturated rings. The monoisotopic (exact) mass is 307 g/mol. The van der Waals surface area contributed by atoms with Crippen molar-refractivity contribution in [1.29, 1.82) is 0 Å². The summed E-state index contributed by atoms with van der Waals surface area (Å²) in [6.45, 7) is 1.44. The van der Waals surface area contributed by atoms with E-state index in [1.807, 2.05) is 30.3 Å². The average Bonchev–Trinajstić information content (AvgIpc) is 2.53. The lowest BCUT2D eigenvalue weighted by molar-refractivity contribution is -0.119. The van der Waals surface area contributed by atoms with Gasteiger partial charge < -0.3 is 15.5 Å². The summed E-state index contributed by atoms with van der Waals surface area (Å²) in [5.74, 6) is -0.0138. The number of hydrogen-bond donors (Lipinski definition) is 3. The molecule has 0 unspecified atom stereocenters. The van der Waals surface area contributed by atoms with Gasteiger partial charge in [-0.15, -0.1) is 0 Å². The topological polar surface area (TPSA) is 69.6 Å². The fraction of sp³-hybridized carbons (Fsp3) is 0.105. The van der Waals surface area contributed by atoms with Gasteiger partial charge in [0.05, 0.1) is 6.04 Å². The van der Waals surface area contributed by atoms with Crippen molar-refractivity contribution in [3.8, 4) is 11.5 Å². The summed E-state index contributed by atoms with van der Waals surface area (Å²) >= 11 is 0. The Hall–Kier alpha value is -3.01. The molecule has 1 amide bonds. The molecule has 0 aliphatic heterocycles. The molecule has 0 saturated carbocycles. The molecule has 23 heavy (non-hydrogen) atoms. The minimum Gasteiger partial charge on any atom is -0.508 e. The van der Waals surface area contributed by atoms with E-state index in [1.54, 1.807) is 30.3 Å². The van der Waals surface area contributed by atoms with E-state index in [0.29, 0.717) is 10.9 Å². The highest BCUT2D eigenvalue weighted by Gasteiger charge is 2.21. The first kappa shape index (κ1) is 14.9. The van der Waals surface area contributed by atoms with Crippen molar-refractivity contribution in [3.63, 3.8) is 0 Å². The van der Waals surface area contributed by atoms with Crippen LogP contribution in [0.2, 0.25) is 0 Å². The van der Waals surface area contributed by atoms with Crippen LogP contribution in [-0.2, 0) is 4.79 Å². The molecule has 0 aliphatic rings. The van der Waals surface area contributed by atoms with E-state index in [0.717, 1.165) is 10.9 Å². The smallest absolute Gasteiger partial charge is 0.217 e. The number of carbonyl (C=O) groups excluding carboxylic acids is 1. The summed E-state index contributed by atoms with van der Waals surface area (Å²) in [4.78, 5) is 11.7. The molecule has 1 atom stereocenters. The molecule has 0 saturated heterocycles. The van der Waals surface area contributed by atoms with Gasteiger partial charge in [-0.25, -0.2) is 0 Å². The van der Waals surface area contributed by atoms with Crippen LogP contribution < -0.4 is 5.32 Å². The van der Waals surface area contributed by atoms with Crippen LogP contribution in [0.5, 0.6) is 11.5 Å². The number of amides is 1. The Bertz CT molecular complexity index is 854. The SMILES string of the molecule is CC(=O)N[C@@H](c1ccccc1)c1c(O)ccc2ccc(O)cc12. The lowest BCUT2D eigenvalue weighted by atomic mass is 9.92. The quantitative estimate of drug-likeness (QED) is 0.694. The van der Waals surface area contributed by atoms with E-state index in [9.17, 15) is 15.0 Å². The zero-order valence-corrected chi connectivity index (χ0v) is 12.7. The summed E-state index contributed by atoms with van der Waals surface area (Å²) < 4.78 is 0. The zero-order chi connectivity index (χ0) is 16.4. The number of rotatable bonds is 3. The molecule has 3 N–H and O–H groups in total. The van der Waals surface area contributed by atoms with Gasteiger partial charge in [-0.3, -0.25) is 4.79 Å². The van der Waals surface area contributed by atoms with Crippen LogP contribution >= 0.6 is 0 Å². The van der Waals surface area contributed by atoms with Crippen LogP contribution in [-0.4, -0.2) is 16.1 Å². The maximum absolute atomic E-state index is 11.7. The van der Waals surface area contributed by atoms with Crippen LogP contribution in [0.1, 0.15) is 24.1 Å². The highest BCUT2D eigenvalue weighted by Crippen LogP contribution is 2.37. The van der Waals surface area contributed by atoms with Crippen LogP contribution in [0.4, 0.5) is 0 Å². The molecule has 116 valence electrons. The zero-order valence-electron chi connectivity index (χ0n) is 12.7. The van der Waals surface area contributed by atoms with Gasteiger partial charge in [0.15, 0.2) is 0 Å². The Morgan fingerprint density at radius 3 is 2.39 bits per heavy atom. The van der Waals surface area contributed by atoms with Crippen LogP contribution in [0.3, 0.4) is 0 Å². The maximum Gasteiger partial charge on any atom is 0.217 e. The second-order valence-corrected chi connectivity index (χ2v) is 5.45. The van der Waals surface area contributed by atoms with Gasteiger partial charge in [-0.05, 0) is 34.5 Å². The lowest BCUT2D eigenvalue weighted by Gasteiger charge is -2.22. The van der Waals surface area contributed by atoms with Crippen molar-refractivity contribution in [3.05, 3.63) is 71.8 Å². The molecule has 3 aromatic carbocycles. The van der Waals surface area contributed by atoms with Crippen molar-refractivity contribution in [2.24, 2.45) is 0 Å². The minimum absolute atomic E-state index is 0.0747. The van der Waals surface area contributed by atoms with E-state index in [1.165, 1.54) is 6.92 Å². The number of carbonyl (C=O) groups is 1. The molecule has 0 spiro atoms. The van der Waals surface area contributed by atoms with E-state index in [-0.39, 0.29) is 17.4 Å². The fourth-order valence-electron chi connectivity index (χ4n) is 2.79. The van der Waals surface area contributed by atoms with Gasteiger partial charge in [0.25, 0.3) is 0 Å². The Labute approximate surface area is 134 Å². The number of aromatic hydroxyl groups is 2.